The smallest absolute Gasteiger partial charge is 0.907 e. The first kappa shape index (κ1) is 102. The zero-order chi connectivity index (χ0) is 10.7. The fraction of sp³-hybridized carbons (Fsp3) is 0. The summed E-state index contributed by atoms with van der Waals surface area (Å²) in [7, 11) is -8.75. The van der Waals surface area contributed by atoms with Crippen molar-refractivity contribution in [2.75, 3.05) is 0 Å². The Hall–Kier alpha value is 2.67. The van der Waals surface area contributed by atoms with Crippen molar-refractivity contribution < 1.29 is 189 Å². The second-order valence-electron chi connectivity index (χ2n) is 0.866. The van der Waals surface area contributed by atoms with Gasteiger partial charge < -0.3 is 67.1 Å². The van der Waals surface area contributed by atoms with E-state index in [2.05, 4.69) is 0 Å². The second-order valence-corrected chi connectivity index (χ2v) is 0.866. The molecular formula is H12B3F4K2O13-7. The molecule has 22 heteroatoms. The molecule has 13 nitrogen and oxygen atoms in total. The Labute approximate surface area is 207 Å². The number of rotatable bonds is 0. The van der Waals surface area contributed by atoms with E-state index in [-0.39, 0.29) is 143 Å². The Kier molecular flexibility index (Phi) is 412. The van der Waals surface area contributed by atoms with Crippen molar-refractivity contribution in [2.24, 2.45) is 0 Å². The molecule has 0 heterocycles. The van der Waals surface area contributed by atoms with Gasteiger partial charge in [-0.25, -0.2) is 0 Å². The zero-order valence-corrected chi connectivity index (χ0v) is 17.3. The SMILES string of the molecule is F.F.F.F.O.O.O.O.[K+].[K+].[O-]B([O-])[O-].[O-]B([O-])[O-].[O-]B([O-])[O-]. The van der Waals surface area contributed by atoms with Crippen molar-refractivity contribution in [1.29, 1.82) is 0 Å². The second kappa shape index (κ2) is 89.3. The van der Waals surface area contributed by atoms with E-state index in [1.807, 2.05) is 0 Å². The maximum Gasteiger partial charge on any atom is 1.00 e. The Morgan fingerprint density at radius 1 is 0.318 bits per heavy atom. The molecule has 8 N–H and O–H groups in total. The topological polar surface area (TPSA) is 334 Å². The summed E-state index contributed by atoms with van der Waals surface area (Å²) in [5, 5.41) is 75.8. The van der Waals surface area contributed by atoms with Gasteiger partial charge in [-0.1, -0.05) is 0 Å². The minimum atomic E-state index is -2.92. The Morgan fingerprint density at radius 3 is 0.318 bits per heavy atom. The van der Waals surface area contributed by atoms with Gasteiger partial charge >= 0.3 is 103 Å². The van der Waals surface area contributed by atoms with Crippen LogP contribution in [0.15, 0.2) is 0 Å². The van der Waals surface area contributed by atoms with Crippen LogP contribution in [0.5, 0.6) is 0 Å². The van der Waals surface area contributed by atoms with Crippen LogP contribution in [0.25, 0.3) is 0 Å². The van der Waals surface area contributed by atoms with Gasteiger partial charge in [0.25, 0.3) is 0 Å². The van der Waals surface area contributed by atoms with Gasteiger partial charge in [0.2, 0.25) is 0 Å². The molecule has 0 atom stereocenters. The Morgan fingerprint density at radius 2 is 0.318 bits per heavy atom. The van der Waals surface area contributed by atoms with Gasteiger partial charge in [-0.2, -0.15) is 0 Å². The maximum absolute atomic E-state index is 8.42. The van der Waals surface area contributed by atoms with Crippen LogP contribution < -0.4 is 148 Å². The fourth-order valence-electron chi connectivity index (χ4n) is 0. The summed E-state index contributed by atoms with van der Waals surface area (Å²) in [6, 6.07) is 0. The van der Waals surface area contributed by atoms with Gasteiger partial charge in [0.05, 0.1) is 0 Å². The summed E-state index contributed by atoms with van der Waals surface area (Å²) < 4.78 is 0. The number of halogens is 4. The molecule has 0 aromatic carbocycles. The molecule has 0 amide bonds. The van der Waals surface area contributed by atoms with E-state index in [1.165, 1.54) is 0 Å². The average Bonchev–Trinajstić information content (AvgIpc) is 1.54. The molecule has 0 radical (unpaired) electrons. The van der Waals surface area contributed by atoms with Crippen molar-refractivity contribution in [2.45, 2.75) is 0 Å². The van der Waals surface area contributed by atoms with Gasteiger partial charge in [0.15, 0.2) is 0 Å². The Bertz CT molecular complexity index is 63.8. The number of hydrogen-bond acceptors (Lipinski definition) is 9. The monoisotopic (exact) mass is 407 g/mol. The molecular weight excluding hydrogens is 395 g/mol. The van der Waals surface area contributed by atoms with Crippen molar-refractivity contribution in [3.63, 3.8) is 0 Å². The van der Waals surface area contributed by atoms with Crippen LogP contribution in [0, 0.1) is 0 Å². The molecule has 0 saturated carbocycles. The van der Waals surface area contributed by atoms with E-state index in [0.717, 1.165) is 0 Å². The largest absolute Gasteiger partial charge is 1.00 e. The maximum atomic E-state index is 8.42. The standard InChI is InChI=1S/3BO3.4FH.2K.4H2O/c3*2-1(3)4;;;;;;;;;;/h;;;4*1H;;;4*1H2/q3*-3;;;;;2*+1;;;;. The molecule has 0 aliphatic rings. The average molecular weight is 407 g/mol. The van der Waals surface area contributed by atoms with E-state index < -0.39 is 22.0 Å². The summed E-state index contributed by atoms with van der Waals surface area (Å²) >= 11 is 0. The van der Waals surface area contributed by atoms with E-state index in [1.54, 1.807) is 0 Å². The molecule has 0 aliphatic heterocycles. The minimum absolute atomic E-state index is 0. The molecule has 0 aromatic rings. The fourth-order valence-corrected chi connectivity index (χ4v) is 0. The van der Waals surface area contributed by atoms with Crippen LogP contribution in [0.4, 0.5) is 18.8 Å². The van der Waals surface area contributed by atoms with Crippen LogP contribution in [-0.2, 0) is 0 Å². The third-order valence-corrected chi connectivity index (χ3v) is 0. The van der Waals surface area contributed by atoms with Gasteiger partial charge in [-0.15, -0.1) is 0 Å². The van der Waals surface area contributed by atoms with Crippen LogP contribution in [-0.4, -0.2) is 43.9 Å². The van der Waals surface area contributed by atoms with E-state index in [0.29, 0.717) is 0 Å². The van der Waals surface area contributed by atoms with Crippen molar-refractivity contribution in [3.05, 3.63) is 0 Å². The van der Waals surface area contributed by atoms with Crippen LogP contribution in [0.3, 0.4) is 0 Å². The normalized spacial score (nSPS) is 3.68. The van der Waals surface area contributed by atoms with Crippen molar-refractivity contribution in [3.8, 4) is 0 Å². The first-order chi connectivity index (χ1) is 5.20. The number of hydrogen-bond donors (Lipinski definition) is 0. The summed E-state index contributed by atoms with van der Waals surface area (Å²) in [6.45, 7) is 0. The van der Waals surface area contributed by atoms with Crippen LogP contribution >= 0.6 is 0 Å². The van der Waals surface area contributed by atoms with Crippen LogP contribution in [0.1, 0.15) is 0 Å². The molecule has 0 rings (SSSR count). The predicted molar refractivity (Wildman–Crippen MR) is 41.7 cm³/mol. The third kappa shape index (κ3) is 1500. The summed E-state index contributed by atoms with van der Waals surface area (Å²) in [5.74, 6) is 0. The van der Waals surface area contributed by atoms with Gasteiger partial charge in [0.1, 0.15) is 0 Å². The molecule has 0 bridgehead atoms. The summed E-state index contributed by atoms with van der Waals surface area (Å²) in [5.41, 5.74) is 0. The predicted octanol–water partition coefficient (Wildman–Crippen LogP) is -20.5. The van der Waals surface area contributed by atoms with Gasteiger partial charge in [-0.3, -0.25) is 40.8 Å². The molecule has 0 aromatic heterocycles. The van der Waals surface area contributed by atoms with Crippen molar-refractivity contribution >= 4 is 22.0 Å². The van der Waals surface area contributed by atoms with Crippen molar-refractivity contribution in [1.82, 2.24) is 0 Å². The quantitative estimate of drug-likeness (QED) is 0.271. The zero-order valence-electron chi connectivity index (χ0n) is 11.0. The minimum Gasteiger partial charge on any atom is -0.907 e. The van der Waals surface area contributed by atoms with E-state index in [9.17, 15) is 0 Å². The molecule has 0 aliphatic carbocycles. The van der Waals surface area contributed by atoms with Gasteiger partial charge in [-0.05, 0) is 0 Å². The van der Waals surface area contributed by atoms with E-state index in [4.69, 9.17) is 45.2 Å². The molecule has 136 valence electrons. The Balaban J connectivity index is -0.00000000409. The molecule has 0 spiro atoms. The first-order valence-corrected chi connectivity index (χ1v) is 2.12. The van der Waals surface area contributed by atoms with E-state index >= 15 is 0 Å². The third-order valence-electron chi connectivity index (χ3n) is 0. The summed E-state index contributed by atoms with van der Waals surface area (Å²) in [6.07, 6.45) is 0. The first-order valence-electron chi connectivity index (χ1n) is 2.12. The molecule has 0 fully saturated rings. The molecule has 0 unspecified atom stereocenters. The van der Waals surface area contributed by atoms with Gasteiger partial charge in [0, 0.05) is 0 Å². The van der Waals surface area contributed by atoms with Crippen LogP contribution in [0.2, 0.25) is 0 Å². The molecule has 0 saturated heterocycles. The molecule has 22 heavy (non-hydrogen) atoms. The summed E-state index contributed by atoms with van der Waals surface area (Å²) in [4.78, 5) is 0.